The Morgan fingerprint density at radius 3 is 2.45 bits per heavy atom. The van der Waals surface area contributed by atoms with Gasteiger partial charge in [0.25, 0.3) is 0 Å². The van der Waals surface area contributed by atoms with E-state index in [1.54, 1.807) is 18.2 Å². The third kappa shape index (κ3) is 3.51. The van der Waals surface area contributed by atoms with Crippen molar-refractivity contribution in [2.75, 3.05) is 6.54 Å². The molecule has 1 aromatic carbocycles. The topological polar surface area (TPSA) is 51.0 Å². The highest BCUT2D eigenvalue weighted by Gasteiger charge is 2.20. The molecule has 108 valence electrons. The van der Waals surface area contributed by atoms with Crippen molar-refractivity contribution in [3.05, 3.63) is 34.1 Å². The molecule has 0 fully saturated rings. The molecule has 0 radical (unpaired) electrons. The fourth-order valence-corrected chi connectivity index (χ4v) is 2.46. The van der Waals surface area contributed by atoms with Gasteiger partial charge in [-0.15, -0.1) is 0 Å². The fourth-order valence-electron chi connectivity index (χ4n) is 1.93. The average Bonchev–Trinajstić information content (AvgIpc) is 2.86. The van der Waals surface area contributed by atoms with Crippen molar-refractivity contribution < 1.29 is 4.52 Å². The SMILES string of the molecule is CCNC(C)C(C)c1nc(-c2cc(Cl)cc(Cl)c2)no1. The third-order valence-electron chi connectivity index (χ3n) is 3.23. The molecule has 0 bridgehead atoms. The van der Waals surface area contributed by atoms with E-state index in [4.69, 9.17) is 27.7 Å². The number of rotatable bonds is 5. The average molecular weight is 314 g/mol. The van der Waals surface area contributed by atoms with Gasteiger partial charge in [0, 0.05) is 21.7 Å². The summed E-state index contributed by atoms with van der Waals surface area (Å²) in [7, 11) is 0. The van der Waals surface area contributed by atoms with Gasteiger partial charge in [-0.1, -0.05) is 42.2 Å². The monoisotopic (exact) mass is 313 g/mol. The van der Waals surface area contributed by atoms with Crippen LogP contribution >= 0.6 is 23.2 Å². The van der Waals surface area contributed by atoms with Crippen molar-refractivity contribution in [3.8, 4) is 11.4 Å². The molecule has 2 atom stereocenters. The smallest absolute Gasteiger partial charge is 0.231 e. The molecule has 4 nitrogen and oxygen atoms in total. The Morgan fingerprint density at radius 1 is 1.20 bits per heavy atom. The summed E-state index contributed by atoms with van der Waals surface area (Å²) >= 11 is 12.0. The van der Waals surface area contributed by atoms with E-state index in [2.05, 4.69) is 36.2 Å². The van der Waals surface area contributed by atoms with Crippen molar-refractivity contribution in [2.45, 2.75) is 32.7 Å². The number of hydrogen-bond acceptors (Lipinski definition) is 4. The zero-order valence-electron chi connectivity index (χ0n) is 11.7. The number of halogens is 2. The van der Waals surface area contributed by atoms with E-state index in [1.165, 1.54) is 0 Å². The summed E-state index contributed by atoms with van der Waals surface area (Å²) in [5.74, 6) is 1.23. The molecule has 0 aliphatic heterocycles. The third-order valence-corrected chi connectivity index (χ3v) is 3.66. The van der Waals surface area contributed by atoms with Crippen LogP contribution in [0.15, 0.2) is 22.7 Å². The minimum absolute atomic E-state index is 0.130. The van der Waals surface area contributed by atoms with Gasteiger partial charge in [-0.05, 0) is 31.7 Å². The summed E-state index contributed by atoms with van der Waals surface area (Å²) < 4.78 is 5.34. The maximum absolute atomic E-state index is 5.98. The van der Waals surface area contributed by atoms with Crippen molar-refractivity contribution in [2.24, 2.45) is 0 Å². The Bertz CT molecular complexity index is 565. The fraction of sp³-hybridized carbons (Fsp3) is 0.429. The van der Waals surface area contributed by atoms with Crippen LogP contribution in [-0.4, -0.2) is 22.7 Å². The molecule has 1 N–H and O–H groups in total. The number of nitrogens with zero attached hydrogens (tertiary/aromatic N) is 2. The number of hydrogen-bond donors (Lipinski definition) is 1. The lowest BCUT2D eigenvalue weighted by atomic mass is 10.0. The van der Waals surface area contributed by atoms with E-state index in [0.29, 0.717) is 21.8 Å². The summed E-state index contributed by atoms with van der Waals surface area (Å²) in [6.07, 6.45) is 0. The van der Waals surface area contributed by atoms with Gasteiger partial charge in [0.15, 0.2) is 0 Å². The van der Waals surface area contributed by atoms with Crippen molar-refractivity contribution in [1.29, 1.82) is 0 Å². The van der Waals surface area contributed by atoms with Gasteiger partial charge in [-0.25, -0.2) is 0 Å². The molecule has 0 spiro atoms. The molecule has 1 heterocycles. The molecule has 0 aliphatic carbocycles. The minimum Gasteiger partial charge on any atom is -0.339 e. The van der Waals surface area contributed by atoms with Gasteiger partial charge in [0.1, 0.15) is 0 Å². The van der Waals surface area contributed by atoms with Crippen LogP contribution in [0.3, 0.4) is 0 Å². The maximum Gasteiger partial charge on any atom is 0.231 e. The molecular formula is C14H17Cl2N3O. The van der Waals surface area contributed by atoms with E-state index in [0.717, 1.165) is 12.1 Å². The number of aromatic nitrogens is 2. The van der Waals surface area contributed by atoms with Crippen LogP contribution in [0.2, 0.25) is 10.0 Å². The predicted molar refractivity (Wildman–Crippen MR) is 81.3 cm³/mol. The second kappa shape index (κ2) is 6.57. The summed E-state index contributed by atoms with van der Waals surface area (Å²) in [5, 5.41) is 8.44. The lowest BCUT2D eigenvalue weighted by Crippen LogP contribution is -2.30. The summed E-state index contributed by atoms with van der Waals surface area (Å²) in [4.78, 5) is 4.43. The number of nitrogens with one attached hydrogen (secondary N) is 1. The molecule has 6 heteroatoms. The van der Waals surface area contributed by atoms with Gasteiger partial charge >= 0.3 is 0 Å². The van der Waals surface area contributed by atoms with Gasteiger partial charge < -0.3 is 9.84 Å². The molecule has 20 heavy (non-hydrogen) atoms. The van der Waals surface area contributed by atoms with Gasteiger partial charge in [0.2, 0.25) is 11.7 Å². The van der Waals surface area contributed by atoms with Crippen LogP contribution in [0.1, 0.15) is 32.6 Å². The van der Waals surface area contributed by atoms with Crippen LogP contribution < -0.4 is 5.32 Å². The molecule has 2 rings (SSSR count). The minimum atomic E-state index is 0.130. The van der Waals surface area contributed by atoms with Gasteiger partial charge in [0.05, 0.1) is 5.92 Å². The molecule has 2 unspecified atom stereocenters. The Morgan fingerprint density at radius 2 is 1.85 bits per heavy atom. The molecule has 0 aliphatic rings. The van der Waals surface area contributed by atoms with Crippen LogP contribution in [0.4, 0.5) is 0 Å². The Kier molecular flexibility index (Phi) is 5.02. The van der Waals surface area contributed by atoms with Crippen molar-refractivity contribution >= 4 is 23.2 Å². The van der Waals surface area contributed by atoms with E-state index in [-0.39, 0.29) is 12.0 Å². The molecule has 2 aromatic rings. The van der Waals surface area contributed by atoms with Crippen LogP contribution in [0, 0.1) is 0 Å². The molecule has 0 amide bonds. The Hall–Kier alpha value is -1.10. The zero-order chi connectivity index (χ0) is 14.7. The zero-order valence-corrected chi connectivity index (χ0v) is 13.2. The molecule has 0 saturated heterocycles. The van der Waals surface area contributed by atoms with E-state index in [9.17, 15) is 0 Å². The van der Waals surface area contributed by atoms with E-state index < -0.39 is 0 Å². The highest BCUT2D eigenvalue weighted by molar-refractivity contribution is 6.35. The quantitative estimate of drug-likeness (QED) is 0.901. The maximum atomic E-state index is 5.98. The lowest BCUT2D eigenvalue weighted by Gasteiger charge is -2.16. The summed E-state index contributed by atoms with van der Waals surface area (Å²) in [5.41, 5.74) is 0.751. The summed E-state index contributed by atoms with van der Waals surface area (Å²) in [6, 6.07) is 5.46. The Labute approximate surface area is 128 Å². The second-order valence-corrected chi connectivity index (χ2v) is 5.62. The summed E-state index contributed by atoms with van der Waals surface area (Å²) in [6.45, 7) is 7.11. The first-order valence-corrected chi connectivity index (χ1v) is 7.30. The Balaban J connectivity index is 2.24. The lowest BCUT2D eigenvalue weighted by molar-refractivity contribution is 0.332. The normalized spacial score (nSPS) is 14.2. The van der Waals surface area contributed by atoms with Crippen LogP contribution in [0.5, 0.6) is 0 Å². The van der Waals surface area contributed by atoms with Crippen LogP contribution in [-0.2, 0) is 0 Å². The first-order chi connectivity index (χ1) is 9.51. The van der Waals surface area contributed by atoms with Gasteiger partial charge in [-0.3, -0.25) is 0 Å². The number of likely N-dealkylation sites (N-methyl/N-ethyl adjacent to an activating group) is 1. The second-order valence-electron chi connectivity index (χ2n) is 4.75. The van der Waals surface area contributed by atoms with Crippen molar-refractivity contribution in [1.82, 2.24) is 15.5 Å². The first-order valence-electron chi connectivity index (χ1n) is 6.54. The highest BCUT2D eigenvalue weighted by atomic mass is 35.5. The standard InChI is InChI=1S/C14H17Cl2N3O/c1-4-17-9(3)8(2)14-18-13(19-20-14)10-5-11(15)7-12(16)6-10/h5-9,17H,4H2,1-3H3. The van der Waals surface area contributed by atoms with Crippen molar-refractivity contribution in [3.63, 3.8) is 0 Å². The van der Waals surface area contributed by atoms with E-state index >= 15 is 0 Å². The van der Waals surface area contributed by atoms with E-state index in [1.807, 2.05) is 0 Å². The van der Waals surface area contributed by atoms with Crippen LogP contribution in [0.25, 0.3) is 11.4 Å². The number of benzene rings is 1. The molecular weight excluding hydrogens is 297 g/mol. The predicted octanol–water partition coefficient (Wildman–Crippen LogP) is 4.14. The molecule has 1 aromatic heterocycles. The molecule has 0 saturated carbocycles. The first kappa shape index (κ1) is 15.3. The van der Waals surface area contributed by atoms with Gasteiger partial charge in [-0.2, -0.15) is 4.98 Å². The highest BCUT2D eigenvalue weighted by Crippen LogP contribution is 2.27. The largest absolute Gasteiger partial charge is 0.339 e.